The zero-order valence-corrected chi connectivity index (χ0v) is 20.3. The van der Waals surface area contributed by atoms with E-state index >= 15 is 0 Å². The molecule has 0 radical (unpaired) electrons. The van der Waals surface area contributed by atoms with Crippen molar-refractivity contribution in [3.63, 3.8) is 0 Å². The van der Waals surface area contributed by atoms with Crippen LogP contribution in [-0.2, 0) is 14.9 Å². The van der Waals surface area contributed by atoms with E-state index in [0.717, 1.165) is 16.8 Å². The van der Waals surface area contributed by atoms with Crippen molar-refractivity contribution in [1.29, 1.82) is 5.26 Å². The molecule has 1 aromatic heterocycles. The number of allylic oxidation sites excluding steroid dienone is 1. The van der Waals surface area contributed by atoms with Crippen molar-refractivity contribution < 1.29 is 14.3 Å². The summed E-state index contributed by atoms with van der Waals surface area (Å²) in [6.45, 7) is 7.77. The summed E-state index contributed by atoms with van der Waals surface area (Å²) < 4.78 is 13.0. The van der Waals surface area contributed by atoms with E-state index in [-0.39, 0.29) is 13.2 Å². The molecule has 0 saturated heterocycles. The lowest BCUT2D eigenvalue weighted by atomic mass is 9.65. The normalized spacial score (nSPS) is 10.9. The number of esters is 1. The van der Waals surface area contributed by atoms with Gasteiger partial charge in [0, 0.05) is 5.57 Å². The number of carbonyl (C=O) groups excluding carboxylic acids is 1. The smallest absolute Gasteiger partial charge is 0.344 e. The van der Waals surface area contributed by atoms with Gasteiger partial charge >= 0.3 is 5.97 Å². The third-order valence-electron chi connectivity index (χ3n) is 6.03. The highest BCUT2D eigenvalue weighted by molar-refractivity contribution is 5.71. The molecular formula is C30H27N3O3. The predicted molar refractivity (Wildman–Crippen MR) is 138 cm³/mol. The Kier molecular flexibility index (Phi) is 7.31. The summed E-state index contributed by atoms with van der Waals surface area (Å²) in [6.07, 6.45) is 0. The third kappa shape index (κ3) is 4.39. The van der Waals surface area contributed by atoms with E-state index in [2.05, 4.69) is 12.6 Å². The number of ether oxygens (including phenoxy) is 2. The van der Waals surface area contributed by atoms with Crippen molar-refractivity contribution in [3.05, 3.63) is 126 Å². The molecule has 0 amide bonds. The van der Waals surface area contributed by atoms with Crippen LogP contribution in [0.5, 0.6) is 5.88 Å². The average molecular weight is 478 g/mol. The maximum atomic E-state index is 12.3. The fourth-order valence-electron chi connectivity index (χ4n) is 4.56. The Balaban J connectivity index is 2.08. The average Bonchev–Trinajstić information content (AvgIpc) is 3.26. The molecule has 0 bridgehead atoms. The molecular weight excluding hydrogens is 450 g/mol. The van der Waals surface area contributed by atoms with Crippen LogP contribution >= 0.6 is 0 Å². The largest absolute Gasteiger partial charge is 0.465 e. The van der Waals surface area contributed by atoms with Gasteiger partial charge in [-0.05, 0) is 37.1 Å². The van der Waals surface area contributed by atoms with Gasteiger partial charge in [-0.2, -0.15) is 10.4 Å². The highest BCUT2D eigenvalue weighted by Gasteiger charge is 2.45. The Morgan fingerprint density at radius 1 is 0.972 bits per heavy atom. The second kappa shape index (κ2) is 10.7. The van der Waals surface area contributed by atoms with Crippen LogP contribution in [0, 0.1) is 18.3 Å². The molecule has 6 heteroatoms. The first kappa shape index (κ1) is 24.5. The van der Waals surface area contributed by atoms with Crippen LogP contribution in [0.15, 0.2) is 103 Å². The number of hydrogen-bond acceptors (Lipinski definition) is 5. The number of aromatic nitrogens is 2. The van der Waals surface area contributed by atoms with Gasteiger partial charge in [0.25, 0.3) is 0 Å². The molecule has 4 aromatic rings. The van der Waals surface area contributed by atoms with E-state index in [4.69, 9.17) is 14.6 Å². The number of nitrogens with zero attached hydrogens (tertiary/aromatic N) is 3. The van der Waals surface area contributed by atoms with Crippen molar-refractivity contribution >= 4 is 5.97 Å². The zero-order valence-electron chi connectivity index (χ0n) is 20.3. The van der Waals surface area contributed by atoms with E-state index in [9.17, 15) is 10.1 Å². The molecule has 6 nitrogen and oxygen atoms in total. The first-order valence-electron chi connectivity index (χ1n) is 11.7. The Morgan fingerprint density at radius 3 is 2.00 bits per heavy atom. The number of rotatable bonds is 9. The molecule has 0 saturated carbocycles. The quantitative estimate of drug-likeness (QED) is 0.234. The lowest BCUT2D eigenvalue weighted by Crippen LogP contribution is -2.32. The van der Waals surface area contributed by atoms with Gasteiger partial charge in [0.05, 0.1) is 35.0 Å². The number of benzene rings is 3. The van der Waals surface area contributed by atoms with Crippen molar-refractivity contribution in [2.75, 3.05) is 13.2 Å². The number of aryl methyl sites for hydroxylation is 1. The summed E-state index contributed by atoms with van der Waals surface area (Å²) in [5.41, 5.74) is 2.89. The summed E-state index contributed by atoms with van der Waals surface area (Å²) in [4.78, 5) is 12.3. The predicted octanol–water partition coefficient (Wildman–Crippen LogP) is 5.54. The maximum Gasteiger partial charge on any atom is 0.344 e. The molecule has 36 heavy (non-hydrogen) atoms. The summed E-state index contributed by atoms with van der Waals surface area (Å²) in [5.74, 6) is -0.151. The maximum absolute atomic E-state index is 12.3. The Hall–Kier alpha value is -4.63. The third-order valence-corrected chi connectivity index (χ3v) is 6.03. The number of para-hydroxylation sites is 1. The van der Waals surface area contributed by atoms with E-state index in [1.807, 2.05) is 97.9 Å². The molecule has 0 spiro atoms. The Labute approximate surface area is 211 Å². The van der Waals surface area contributed by atoms with Crippen LogP contribution in [-0.4, -0.2) is 29.0 Å². The summed E-state index contributed by atoms with van der Waals surface area (Å²) in [7, 11) is 0. The molecule has 3 aromatic carbocycles. The van der Waals surface area contributed by atoms with Gasteiger partial charge in [-0.1, -0.05) is 85.4 Å². The lowest BCUT2D eigenvalue weighted by molar-refractivity contribution is -0.145. The topological polar surface area (TPSA) is 77.1 Å². The van der Waals surface area contributed by atoms with Crippen LogP contribution in [0.3, 0.4) is 0 Å². The summed E-state index contributed by atoms with van der Waals surface area (Å²) in [5, 5.41) is 15.1. The van der Waals surface area contributed by atoms with Gasteiger partial charge in [-0.25, -0.2) is 9.48 Å². The number of carbonyl (C=O) groups is 1. The first-order valence-corrected chi connectivity index (χ1v) is 11.7. The van der Waals surface area contributed by atoms with Gasteiger partial charge in [-0.15, -0.1) is 0 Å². The summed E-state index contributed by atoms with van der Waals surface area (Å²) in [6, 6.07) is 31.2. The SMILES string of the molecule is C=C(C#N)C(c1ccccc1)(c1ccccc1)c1c(C)nn(-c2ccccc2)c1OCC(=O)OCC. The number of hydrogen-bond donors (Lipinski definition) is 0. The van der Waals surface area contributed by atoms with Crippen molar-refractivity contribution in [2.45, 2.75) is 19.3 Å². The monoisotopic (exact) mass is 477 g/mol. The van der Waals surface area contributed by atoms with Crippen LogP contribution in [0.1, 0.15) is 29.3 Å². The standard InChI is InChI=1S/C30H27N3O3/c1-4-35-27(34)21-36-29-28(23(3)32-33(29)26-18-12-7-13-19-26)30(22(2)20-31,24-14-8-5-9-15-24)25-16-10-6-11-17-25/h5-19H,2,4,21H2,1,3H3. The Bertz CT molecular complexity index is 1350. The highest BCUT2D eigenvalue weighted by atomic mass is 16.6. The van der Waals surface area contributed by atoms with Crippen molar-refractivity contribution in [3.8, 4) is 17.6 Å². The van der Waals surface area contributed by atoms with E-state index in [0.29, 0.717) is 22.7 Å². The minimum Gasteiger partial charge on any atom is -0.465 e. The van der Waals surface area contributed by atoms with Crippen LogP contribution < -0.4 is 4.74 Å². The van der Waals surface area contributed by atoms with Crippen LogP contribution in [0.25, 0.3) is 5.69 Å². The molecule has 0 aliphatic carbocycles. The molecule has 0 fully saturated rings. The second-order valence-corrected chi connectivity index (χ2v) is 8.18. The van der Waals surface area contributed by atoms with Gasteiger partial charge < -0.3 is 9.47 Å². The van der Waals surface area contributed by atoms with E-state index in [1.54, 1.807) is 11.6 Å². The lowest BCUT2D eigenvalue weighted by Gasteiger charge is -2.35. The fraction of sp³-hybridized carbons (Fsp3) is 0.167. The van der Waals surface area contributed by atoms with Crippen LogP contribution in [0.4, 0.5) is 0 Å². The van der Waals surface area contributed by atoms with E-state index in [1.165, 1.54) is 0 Å². The van der Waals surface area contributed by atoms with Gasteiger partial charge in [0.2, 0.25) is 5.88 Å². The minimum atomic E-state index is -1.11. The van der Waals surface area contributed by atoms with Gasteiger partial charge in [0.1, 0.15) is 0 Å². The highest BCUT2D eigenvalue weighted by Crippen LogP contribution is 2.49. The van der Waals surface area contributed by atoms with Gasteiger partial charge in [0.15, 0.2) is 6.61 Å². The second-order valence-electron chi connectivity index (χ2n) is 8.18. The molecule has 0 aliphatic rings. The van der Waals surface area contributed by atoms with Crippen LogP contribution in [0.2, 0.25) is 0 Å². The molecule has 1 heterocycles. The Morgan fingerprint density at radius 2 is 1.50 bits per heavy atom. The molecule has 0 aliphatic heterocycles. The molecule has 0 N–H and O–H groups in total. The molecule has 4 rings (SSSR count). The number of nitriles is 1. The summed E-state index contributed by atoms with van der Waals surface area (Å²) >= 11 is 0. The van der Waals surface area contributed by atoms with E-state index < -0.39 is 11.4 Å². The molecule has 0 atom stereocenters. The molecule has 0 unspecified atom stereocenters. The van der Waals surface area contributed by atoms with Gasteiger partial charge in [-0.3, -0.25) is 0 Å². The van der Waals surface area contributed by atoms with Crippen molar-refractivity contribution in [1.82, 2.24) is 9.78 Å². The molecule has 180 valence electrons. The first-order chi connectivity index (χ1) is 17.5. The minimum absolute atomic E-state index is 0.245. The van der Waals surface area contributed by atoms with Crippen molar-refractivity contribution in [2.24, 2.45) is 0 Å². The zero-order chi connectivity index (χ0) is 25.5. The fourth-order valence-corrected chi connectivity index (χ4v) is 4.56.